The van der Waals surface area contributed by atoms with Gasteiger partial charge in [-0.1, -0.05) is 60.4 Å². The van der Waals surface area contributed by atoms with Crippen LogP contribution in [-0.4, -0.2) is 46.2 Å². The molecule has 1 saturated heterocycles. The van der Waals surface area contributed by atoms with Crippen molar-refractivity contribution >= 4 is 33.9 Å². The van der Waals surface area contributed by atoms with Crippen molar-refractivity contribution in [1.82, 2.24) is 9.80 Å². The molecule has 0 saturated carbocycles. The first-order valence-electron chi connectivity index (χ1n) is 6.71. The number of thioether (sulfide) groups is 1. The zero-order valence-electron chi connectivity index (χ0n) is 10.9. The number of benzene rings is 1. The molecular formula is C15H18N2S2. The van der Waals surface area contributed by atoms with Gasteiger partial charge < -0.3 is 4.90 Å². The minimum absolute atomic E-state index is 0.990. The van der Waals surface area contributed by atoms with Gasteiger partial charge in [0.15, 0.2) is 0 Å². The highest BCUT2D eigenvalue weighted by atomic mass is 32.2. The molecular weight excluding hydrogens is 272 g/mol. The Kier molecular flexibility index (Phi) is 4.21. The van der Waals surface area contributed by atoms with E-state index in [0.717, 1.165) is 42.8 Å². The maximum absolute atomic E-state index is 5.36. The Bertz CT molecular complexity index is 484. The predicted molar refractivity (Wildman–Crippen MR) is 87.2 cm³/mol. The van der Waals surface area contributed by atoms with Crippen LogP contribution < -0.4 is 0 Å². The van der Waals surface area contributed by atoms with Gasteiger partial charge in [0.1, 0.15) is 4.32 Å². The van der Waals surface area contributed by atoms with Crippen molar-refractivity contribution in [3.63, 3.8) is 0 Å². The molecule has 0 amide bonds. The van der Waals surface area contributed by atoms with Crippen LogP contribution in [0.15, 0.2) is 36.4 Å². The van der Waals surface area contributed by atoms with Crippen LogP contribution in [0.4, 0.5) is 0 Å². The lowest BCUT2D eigenvalue weighted by atomic mass is 10.00. The lowest BCUT2D eigenvalue weighted by Crippen LogP contribution is -2.40. The standard InChI is InChI=1S/C15H18N2S2/c18-15-17(10-11-19-15)12-16-8-6-14(7-9-16)13-4-2-1-3-5-13/h1-6H,7-12H2. The van der Waals surface area contributed by atoms with Crippen molar-refractivity contribution < 1.29 is 0 Å². The third-order valence-corrected chi connectivity index (χ3v) is 5.16. The number of nitrogens with zero attached hydrogens (tertiary/aromatic N) is 2. The van der Waals surface area contributed by atoms with E-state index in [4.69, 9.17) is 12.2 Å². The van der Waals surface area contributed by atoms with E-state index in [2.05, 4.69) is 46.2 Å². The highest BCUT2D eigenvalue weighted by Crippen LogP contribution is 2.23. The zero-order chi connectivity index (χ0) is 13.1. The average molecular weight is 290 g/mol. The predicted octanol–water partition coefficient (Wildman–Crippen LogP) is 3.07. The molecule has 2 aliphatic heterocycles. The van der Waals surface area contributed by atoms with Crippen LogP contribution in [0.1, 0.15) is 12.0 Å². The summed E-state index contributed by atoms with van der Waals surface area (Å²) in [5, 5.41) is 0. The summed E-state index contributed by atoms with van der Waals surface area (Å²) in [5.41, 5.74) is 2.85. The topological polar surface area (TPSA) is 6.48 Å². The molecule has 0 radical (unpaired) electrons. The Hall–Kier alpha value is -0.840. The summed E-state index contributed by atoms with van der Waals surface area (Å²) in [5.74, 6) is 1.15. The van der Waals surface area contributed by atoms with Gasteiger partial charge in [-0.3, -0.25) is 4.90 Å². The first-order valence-corrected chi connectivity index (χ1v) is 8.11. The van der Waals surface area contributed by atoms with Gasteiger partial charge in [0.05, 0.1) is 6.67 Å². The van der Waals surface area contributed by atoms with Gasteiger partial charge in [-0.15, -0.1) is 0 Å². The molecule has 0 spiro atoms. The van der Waals surface area contributed by atoms with E-state index in [1.165, 1.54) is 11.1 Å². The summed E-state index contributed by atoms with van der Waals surface area (Å²) < 4.78 is 1.07. The fourth-order valence-corrected chi connectivity index (χ4v) is 3.77. The van der Waals surface area contributed by atoms with Gasteiger partial charge in [0, 0.05) is 25.4 Å². The van der Waals surface area contributed by atoms with E-state index < -0.39 is 0 Å². The van der Waals surface area contributed by atoms with Crippen LogP contribution in [0.25, 0.3) is 5.57 Å². The lowest BCUT2D eigenvalue weighted by molar-refractivity contribution is 0.214. The number of thiocarbonyl (C=S) groups is 1. The highest BCUT2D eigenvalue weighted by molar-refractivity contribution is 8.23. The summed E-state index contributed by atoms with van der Waals surface area (Å²) >= 11 is 7.16. The number of hydrogen-bond donors (Lipinski definition) is 0. The average Bonchev–Trinajstić information content (AvgIpc) is 2.86. The summed E-state index contributed by atoms with van der Waals surface area (Å²) in [7, 11) is 0. The minimum atomic E-state index is 0.990. The fourth-order valence-electron chi connectivity index (χ4n) is 2.55. The smallest absolute Gasteiger partial charge is 0.137 e. The highest BCUT2D eigenvalue weighted by Gasteiger charge is 2.21. The van der Waals surface area contributed by atoms with Crippen molar-refractivity contribution in [3.05, 3.63) is 42.0 Å². The van der Waals surface area contributed by atoms with Gasteiger partial charge in [0.25, 0.3) is 0 Å². The van der Waals surface area contributed by atoms with Crippen LogP contribution in [0.5, 0.6) is 0 Å². The van der Waals surface area contributed by atoms with E-state index in [-0.39, 0.29) is 0 Å². The Morgan fingerprint density at radius 1 is 1.16 bits per heavy atom. The van der Waals surface area contributed by atoms with E-state index in [1.807, 2.05) is 0 Å². The Balaban J connectivity index is 1.59. The number of hydrogen-bond acceptors (Lipinski definition) is 3. The van der Waals surface area contributed by atoms with Gasteiger partial charge in [-0.2, -0.15) is 0 Å². The molecule has 0 unspecified atom stereocenters. The van der Waals surface area contributed by atoms with Crippen LogP contribution in [0.2, 0.25) is 0 Å². The maximum Gasteiger partial charge on any atom is 0.137 e. The monoisotopic (exact) mass is 290 g/mol. The van der Waals surface area contributed by atoms with Crippen LogP contribution in [-0.2, 0) is 0 Å². The largest absolute Gasteiger partial charge is 0.344 e. The molecule has 2 heterocycles. The van der Waals surface area contributed by atoms with Crippen molar-refractivity contribution in [2.45, 2.75) is 6.42 Å². The summed E-state index contributed by atoms with van der Waals surface area (Å²) in [4.78, 5) is 4.80. The number of rotatable bonds is 3. The quantitative estimate of drug-likeness (QED) is 0.789. The molecule has 0 atom stereocenters. The molecule has 1 fully saturated rings. The van der Waals surface area contributed by atoms with Crippen molar-refractivity contribution in [1.29, 1.82) is 0 Å². The molecule has 0 N–H and O–H groups in total. The summed E-state index contributed by atoms with van der Waals surface area (Å²) in [6.07, 6.45) is 3.50. The van der Waals surface area contributed by atoms with Crippen LogP contribution >= 0.6 is 24.0 Å². The zero-order valence-corrected chi connectivity index (χ0v) is 12.6. The summed E-state index contributed by atoms with van der Waals surface area (Å²) in [6.45, 7) is 4.26. The van der Waals surface area contributed by atoms with Crippen molar-refractivity contribution in [3.8, 4) is 0 Å². The molecule has 0 bridgehead atoms. The molecule has 4 heteroatoms. The second-order valence-corrected chi connectivity index (χ2v) is 6.67. The molecule has 2 nitrogen and oxygen atoms in total. The first kappa shape index (κ1) is 13.2. The van der Waals surface area contributed by atoms with Crippen LogP contribution in [0, 0.1) is 0 Å². The Morgan fingerprint density at radius 2 is 2.00 bits per heavy atom. The van der Waals surface area contributed by atoms with Gasteiger partial charge >= 0.3 is 0 Å². The van der Waals surface area contributed by atoms with Gasteiger partial charge in [-0.05, 0) is 17.6 Å². The Labute approximate surface area is 124 Å². The van der Waals surface area contributed by atoms with Crippen molar-refractivity contribution in [2.75, 3.05) is 32.1 Å². The Morgan fingerprint density at radius 3 is 2.63 bits per heavy atom. The fraction of sp³-hybridized carbons (Fsp3) is 0.400. The molecule has 19 heavy (non-hydrogen) atoms. The normalized spacial score (nSPS) is 20.7. The van der Waals surface area contributed by atoms with Crippen molar-refractivity contribution in [2.24, 2.45) is 0 Å². The maximum atomic E-state index is 5.36. The minimum Gasteiger partial charge on any atom is -0.344 e. The molecule has 0 aliphatic carbocycles. The third-order valence-electron chi connectivity index (χ3n) is 3.65. The molecule has 1 aromatic rings. The lowest BCUT2D eigenvalue weighted by Gasteiger charge is -2.30. The SMILES string of the molecule is S=C1SCCN1CN1CC=C(c2ccccc2)CC1. The molecule has 1 aromatic carbocycles. The van der Waals surface area contributed by atoms with E-state index >= 15 is 0 Å². The first-order chi connectivity index (χ1) is 9.33. The second-order valence-electron chi connectivity index (χ2n) is 4.94. The van der Waals surface area contributed by atoms with E-state index in [0.29, 0.717) is 0 Å². The van der Waals surface area contributed by atoms with E-state index in [9.17, 15) is 0 Å². The van der Waals surface area contributed by atoms with Crippen LogP contribution in [0.3, 0.4) is 0 Å². The second kappa shape index (κ2) is 6.07. The molecule has 100 valence electrons. The third kappa shape index (κ3) is 3.19. The molecule has 0 aromatic heterocycles. The summed E-state index contributed by atoms with van der Waals surface area (Å²) in [6, 6.07) is 10.7. The van der Waals surface area contributed by atoms with Gasteiger partial charge in [0.2, 0.25) is 0 Å². The molecule has 2 aliphatic rings. The van der Waals surface area contributed by atoms with Gasteiger partial charge in [-0.25, -0.2) is 0 Å². The molecule has 3 rings (SSSR count). The van der Waals surface area contributed by atoms with E-state index in [1.54, 1.807) is 11.8 Å².